The summed E-state index contributed by atoms with van der Waals surface area (Å²) < 4.78 is 6.71. The first kappa shape index (κ1) is 16.8. The minimum Gasteiger partial charge on any atom is -0.447 e. The molecule has 2 heterocycles. The number of aromatic nitrogens is 2. The Hall–Kier alpha value is -3.61. The highest BCUT2D eigenvalue weighted by Crippen LogP contribution is 2.22. The number of benzene rings is 2. The van der Waals surface area contributed by atoms with Crippen LogP contribution in [-0.2, 0) is 16.0 Å². The second-order valence-corrected chi connectivity index (χ2v) is 6.16. The molecule has 0 bridgehead atoms. The number of cyclic esters (lactones) is 1. The van der Waals surface area contributed by atoms with Crippen LogP contribution in [-0.4, -0.2) is 34.9 Å². The van der Waals surface area contributed by atoms with Gasteiger partial charge < -0.3 is 10.1 Å². The van der Waals surface area contributed by atoms with E-state index in [1.165, 1.54) is 0 Å². The fourth-order valence-electron chi connectivity index (χ4n) is 2.96. The van der Waals surface area contributed by atoms with Gasteiger partial charge in [0.1, 0.15) is 6.61 Å². The summed E-state index contributed by atoms with van der Waals surface area (Å²) in [6.45, 7) is 0.892. The first-order chi connectivity index (χ1) is 13.2. The molecule has 1 aliphatic heterocycles. The summed E-state index contributed by atoms with van der Waals surface area (Å²) in [6, 6.07) is 16.7. The third-order valence-corrected chi connectivity index (χ3v) is 4.27. The summed E-state index contributed by atoms with van der Waals surface area (Å²) in [5.41, 5.74) is 3.20. The molecule has 3 aromatic rings. The van der Waals surface area contributed by atoms with Gasteiger partial charge in [-0.3, -0.25) is 9.69 Å². The lowest BCUT2D eigenvalue weighted by atomic mass is 10.1. The molecule has 0 atom stereocenters. The second kappa shape index (κ2) is 7.33. The maximum Gasteiger partial charge on any atom is 0.414 e. The van der Waals surface area contributed by atoms with E-state index in [0.717, 1.165) is 11.3 Å². The molecule has 1 saturated heterocycles. The van der Waals surface area contributed by atoms with E-state index >= 15 is 0 Å². The Labute approximate surface area is 156 Å². The Balaban J connectivity index is 1.40. The summed E-state index contributed by atoms with van der Waals surface area (Å²) >= 11 is 0. The number of amides is 2. The van der Waals surface area contributed by atoms with Gasteiger partial charge in [0.15, 0.2) is 0 Å². The van der Waals surface area contributed by atoms with Gasteiger partial charge in [-0.05, 0) is 42.0 Å². The molecule has 27 heavy (non-hydrogen) atoms. The van der Waals surface area contributed by atoms with Gasteiger partial charge in [-0.2, -0.15) is 5.10 Å². The maximum atomic E-state index is 12.4. The van der Waals surface area contributed by atoms with Crippen LogP contribution in [0.25, 0.3) is 5.69 Å². The van der Waals surface area contributed by atoms with Crippen molar-refractivity contribution in [3.8, 4) is 5.69 Å². The van der Waals surface area contributed by atoms with E-state index in [2.05, 4.69) is 10.4 Å². The van der Waals surface area contributed by atoms with Crippen molar-refractivity contribution in [2.45, 2.75) is 6.42 Å². The fraction of sp³-hybridized carbons (Fsp3) is 0.150. The maximum absolute atomic E-state index is 12.4. The van der Waals surface area contributed by atoms with Crippen LogP contribution >= 0.6 is 0 Å². The van der Waals surface area contributed by atoms with Crippen LogP contribution in [0.15, 0.2) is 67.0 Å². The minimum atomic E-state index is -0.365. The van der Waals surface area contributed by atoms with E-state index in [9.17, 15) is 9.59 Å². The molecule has 0 radical (unpaired) electrons. The van der Waals surface area contributed by atoms with Crippen molar-refractivity contribution in [3.05, 3.63) is 72.6 Å². The molecule has 7 nitrogen and oxygen atoms in total. The number of hydrogen-bond acceptors (Lipinski definition) is 4. The summed E-state index contributed by atoms with van der Waals surface area (Å²) in [5, 5.41) is 7.06. The predicted molar refractivity (Wildman–Crippen MR) is 101 cm³/mol. The van der Waals surface area contributed by atoms with E-state index in [1.54, 1.807) is 34.0 Å². The van der Waals surface area contributed by atoms with E-state index < -0.39 is 0 Å². The Morgan fingerprint density at radius 1 is 1.11 bits per heavy atom. The average Bonchev–Trinajstić information content (AvgIpc) is 3.34. The van der Waals surface area contributed by atoms with E-state index in [1.807, 2.05) is 42.6 Å². The average molecular weight is 362 g/mol. The molecule has 4 rings (SSSR count). The van der Waals surface area contributed by atoms with Gasteiger partial charge in [0.2, 0.25) is 5.91 Å². The van der Waals surface area contributed by atoms with Gasteiger partial charge in [-0.25, -0.2) is 9.48 Å². The van der Waals surface area contributed by atoms with Gasteiger partial charge >= 0.3 is 6.09 Å². The number of carbonyl (C=O) groups is 2. The highest BCUT2D eigenvalue weighted by atomic mass is 16.6. The zero-order valence-corrected chi connectivity index (χ0v) is 14.5. The first-order valence-electron chi connectivity index (χ1n) is 8.62. The molecule has 1 aromatic heterocycles. The van der Waals surface area contributed by atoms with Crippen molar-refractivity contribution in [2.24, 2.45) is 0 Å². The van der Waals surface area contributed by atoms with Gasteiger partial charge in [0, 0.05) is 23.8 Å². The van der Waals surface area contributed by atoms with Crippen LogP contribution in [0.2, 0.25) is 0 Å². The second-order valence-electron chi connectivity index (χ2n) is 6.16. The molecule has 136 valence electrons. The standard InChI is InChI=1S/C20H18N4O3/c25-19(13-15-5-7-17(8-6-15)24-10-2-9-21-24)22-16-3-1-4-18(14-16)23-11-12-27-20(23)26/h1-10,14H,11-13H2,(H,22,25). The van der Waals surface area contributed by atoms with Crippen LogP contribution in [0, 0.1) is 0 Å². The van der Waals surface area contributed by atoms with Gasteiger partial charge in [-0.15, -0.1) is 0 Å². The van der Waals surface area contributed by atoms with E-state index in [-0.39, 0.29) is 18.4 Å². The summed E-state index contributed by atoms with van der Waals surface area (Å²) in [5.74, 6) is -0.122. The van der Waals surface area contributed by atoms with Crippen molar-refractivity contribution in [2.75, 3.05) is 23.4 Å². The lowest BCUT2D eigenvalue weighted by Gasteiger charge is -2.14. The molecule has 2 amide bonds. The first-order valence-corrected chi connectivity index (χ1v) is 8.62. The Kier molecular flexibility index (Phi) is 4.57. The number of nitrogens with zero attached hydrogens (tertiary/aromatic N) is 3. The van der Waals surface area contributed by atoms with Crippen molar-refractivity contribution < 1.29 is 14.3 Å². The van der Waals surface area contributed by atoms with Gasteiger partial charge in [0.25, 0.3) is 0 Å². The SMILES string of the molecule is O=C(Cc1ccc(-n2cccn2)cc1)Nc1cccc(N2CCOC2=O)c1. The van der Waals surface area contributed by atoms with Crippen molar-refractivity contribution in [3.63, 3.8) is 0 Å². The van der Waals surface area contributed by atoms with E-state index in [0.29, 0.717) is 24.5 Å². The number of hydrogen-bond donors (Lipinski definition) is 1. The van der Waals surface area contributed by atoms with Gasteiger partial charge in [-0.1, -0.05) is 18.2 Å². The number of anilines is 2. The topological polar surface area (TPSA) is 76.5 Å². The molecular formula is C20H18N4O3. The molecule has 1 N–H and O–H groups in total. The number of ether oxygens (including phenoxy) is 1. The highest BCUT2D eigenvalue weighted by Gasteiger charge is 2.23. The largest absolute Gasteiger partial charge is 0.447 e. The fourth-order valence-corrected chi connectivity index (χ4v) is 2.96. The molecule has 1 fully saturated rings. The van der Waals surface area contributed by atoms with Crippen LogP contribution in [0.5, 0.6) is 0 Å². The Morgan fingerprint density at radius 2 is 1.96 bits per heavy atom. The van der Waals surface area contributed by atoms with Crippen molar-refractivity contribution in [1.82, 2.24) is 9.78 Å². The number of nitrogens with one attached hydrogen (secondary N) is 1. The molecule has 0 aliphatic carbocycles. The summed E-state index contributed by atoms with van der Waals surface area (Å²) in [4.78, 5) is 25.6. The zero-order valence-electron chi connectivity index (χ0n) is 14.5. The third kappa shape index (κ3) is 3.82. The normalized spacial score (nSPS) is 13.5. The minimum absolute atomic E-state index is 0.122. The molecule has 1 aliphatic rings. The quantitative estimate of drug-likeness (QED) is 0.757. The van der Waals surface area contributed by atoms with Gasteiger partial charge in [0.05, 0.1) is 18.7 Å². The molecular weight excluding hydrogens is 344 g/mol. The van der Waals surface area contributed by atoms with Crippen LogP contribution in [0.4, 0.5) is 16.2 Å². The Morgan fingerprint density at radius 3 is 2.67 bits per heavy atom. The molecule has 7 heteroatoms. The molecule has 2 aromatic carbocycles. The number of rotatable bonds is 5. The lowest BCUT2D eigenvalue weighted by molar-refractivity contribution is -0.115. The van der Waals surface area contributed by atoms with Crippen molar-refractivity contribution in [1.29, 1.82) is 0 Å². The van der Waals surface area contributed by atoms with Crippen molar-refractivity contribution >= 4 is 23.4 Å². The predicted octanol–water partition coefficient (Wildman–Crippen LogP) is 3.01. The van der Waals surface area contributed by atoms with Crippen LogP contribution in [0.3, 0.4) is 0 Å². The Bertz CT molecular complexity index is 952. The number of carbonyl (C=O) groups excluding carboxylic acids is 2. The van der Waals surface area contributed by atoms with E-state index in [4.69, 9.17) is 4.74 Å². The summed E-state index contributed by atoms with van der Waals surface area (Å²) in [7, 11) is 0. The summed E-state index contributed by atoms with van der Waals surface area (Å²) in [6.07, 6.45) is 3.48. The van der Waals surface area contributed by atoms with Crippen LogP contribution < -0.4 is 10.2 Å². The molecule has 0 unspecified atom stereocenters. The third-order valence-electron chi connectivity index (χ3n) is 4.27. The molecule has 0 spiro atoms. The smallest absolute Gasteiger partial charge is 0.414 e. The highest BCUT2D eigenvalue weighted by molar-refractivity contribution is 5.94. The molecule has 0 saturated carbocycles. The monoisotopic (exact) mass is 362 g/mol. The zero-order chi connectivity index (χ0) is 18.6. The lowest BCUT2D eigenvalue weighted by Crippen LogP contribution is -2.23. The van der Waals surface area contributed by atoms with Crippen LogP contribution in [0.1, 0.15) is 5.56 Å².